The van der Waals surface area contributed by atoms with E-state index in [9.17, 15) is 14.0 Å². The van der Waals surface area contributed by atoms with Crippen LogP contribution < -0.4 is 5.32 Å². The van der Waals surface area contributed by atoms with Crippen molar-refractivity contribution in [3.8, 4) is 0 Å². The highest BCUT2D eigenvalue weighted by molar-refractivity contribution is 5.83. The van der Waals surface area contributed by atoms with Gasteiger partial charge < -0.3 is 10.2 Å². The van der Waals surface area contributed by atoms with E-state index in [1.165, 1.54) is 23.3 Å². The second kappa shape index (κ2) is 9.49. The highest BCUT2D eigenvalue weighted by Gasteiger charge is 2.29. The molecular formula is C23H27FN2O2. The van der Waals surface area contributed by atoms with Crippen molar-refractivity contribution in [1.29, 1.82) is 0 Å². The summed E-state index contributed by atoms with van der Waals surface area (Å²) in [6, 6.07) is 14.6. The lowest BCUT2D eigenvalue weighted by molar-refractivity contribution is -0.138. The predicted molar refractivity (Wildman–Crippen MR) is 107 cm³/mol. The summed E-state index contributed by atoms with van der Waals surface area (Å²) in [6.45, 7) is 3.61. The summed E-state index contributed by atoms with van der Waals surface area (Å²) in [4.78, 5) is 26.5. The number of carbonyl (C=O) groups is 2. The first kappa shape index (κ1) is 20.1. The molecule has 1 N–H and O–H groups in total. The van der Waals surface area contributed by atoms with Crippen molar-refractivity contribution in [1.82, 2.24) is 10.2 Å². The Labute approximate surface area is 165 Å². The van der Waals surface area contributed by atoms with Gasteiger partial charge >= 0.3 is 0 Å². The van der Waals surface area contributed by atoms with Gasteiger partial charge in [-0.05, 0) is 55.0 Å². The van der Waals surface area contributed by atoms with Gasteiger partial charge in [0.1, 0.15) is 5.82 Å². The predicted octanol–water partition coefficient (Wildman–Crippen LogP) is 3.27. The SMILES string of the molecule is Cc1ccccc1CCNC(=O)[C@@H]1CCC(=O)N(CCc2cccc(F)c2)C1. The lowest BCUT2D eigenvalue weighted by atomic mass is 9.96. The zero-order valence-electron chi connectivity index (χ0n) is 16.3. The first-order chi connectivity index (χ1) is 13.5. The molecular weight excluding hydrogens is 355 g/mol. The summed E-state index contributed by atoms with van der Waals surface area (Å²) in [5.74, 6) is -0.368. The lowest BCUT2D eigenvalue weighted by Crippen LogP contribution is -2.46. The van der Waals surface area contributed by atoms with Crippen LogP contribution in [0.1, 0.15) is 29.5 Å². The standard InChI is InChI=1S/C23H27FN2O2/c1-17-5-2-3-7-19(17)11-13-25-23(28)20-9-10-22(27)26(16-20)14-12-18-6-4-8-21(24)15-18/h2-8,15,20H,9-14,16H2,1H3,(H,25,28)/t20-/m1/s1. The van der Waals surface area contributed by atoms with Gasteiger partial charge in [-0.1, -0.05) is 36.4 Å². The molecule has 4 nitrogen and oxygen atoms in total. The Kier molecular flexibility index (Phi) is 6.80. The molecule has 0 aromatic heterocycles. The van der Waals surface area contributed by atoms with E-state index in [1.807, 2.05) is 18.2 Å². The average Bonchev–Trinajstić information content (AvgIpc) is 2.69. The number of benzene rings is 2. The van der Waals surface area contributed by atoms with Gasteiger partial charge in [-0.3, -0.25) is 9.59 Å². The van der Waals surface area contributed by atoms with Crippen LogP contribution in [0.4, 0.5) is 4.39 Å². The number of aryl methyl sites for hydroxylation is 1. The maximum Gasteiger partial charge on any atom is 0.224 e. The summed E-state index contributed by atoms with van der Waals surface area (Å²) in [6.07, 6.45) is 2.36. The molecule has 28 heavy (non-hydrogen) atoms. The topological polar surface area (TPSA) is 49.4 Å². The van der Waals surface area contributed by atoms with Crippen molar-refractivity contribution in [3.63, 3.8) is 0 Å². The Morgan fingerprint density at radius 1 is 1.18 bits per heavy atom. The molecule has 5 heteroatoms. The van der Waals surface area contributed by atoms with Crippen molar-refractivity contribution in [2.45, 2.75) is 32.6 Å². The van der Waals surface area contributed by atoms with Gasteiger partial charge in [0.2, 0.25) is 11.8 Å². The lowest BCUT2D eigenvalue weighted by Gasteiger charge is -2.32. The monoisotopic (exact) mass is 382 g/mol. The molecule has 3 rings (SSSR count). The Morgan fingerprint density at radius 3 is 2.79 bits per heavy atom. The first-order valence-electron chi connectivity index (χ1n) is 9.87. The van der Waals surface area contributed by atoms with Crippen LogP contribution in [0.3, 0.4) is 0 Å². The molecule has 2 amide bonds. The molecule has 1 atom stereocenters. The van der Waals surface area contributed by atoms with Crippen LogP contribution in [0.25, 0.3) is 0 Å². The summed E-state index contributed by atoms with van der Waals surface area (Å²) < 4.78 is 13.3. The van der Waals surface area contributed by atoms with E-state index in [1.54, 1.807) is 11.0 Å². The highest BCUT2D eigenvalue weighted by atomic mass is 19.1. The minimum atomic E-state index is -0.270. The Bertz CT molecular complexity index is 837. The Hall–Kier alpha value is -2.69. The molecule has 1 fully saturated rings. The number of hydrogen-bond acceptors (Lipinski definition) is 2. The van der Waals surface area contributed by atoms with E-state index < -0.39 is 0 Å². The zero-order chi connectivity index (χ0) is 19.9. The van der Waals surface area contributed by atoms with Crippen molar-refractivity contribution >= 4 is 11.8 Å². The molecule has 0 spiro atoms. The van der Waals surface area contributed by atoms with Crippen LogP contribution in [0.2, 0.25) is 0 Å². The maximum atomic E-state index is 13.3. The van der Waals surface area contributed by atoms with E-state index in [0.717, 1.165) is 12.0 Å². The second-order valence-electron chi connectivity index (χ2n) is 7.42. The molecule has 0 aliphatic carbocycles. The van der Waals surface area contributed by atoms with E-state index in [-0.39, 0.29) is 23.5 Å². The van der Waals surface area contributed by atoms with Gasteiger partial charge in [0.15, 0.2) is 0 Å². The molecule has 0 bridgehead atoms. The van der Waals surface area contributed by atoms with Crippen molar-refractivity contribution in [2.75, 3.05) is 19.6 Å². The summed E-state index contributed by atoms with van der Waals surface area (Å²) in [7, 11) is 0. The van der Waals surface area contributed by atoms with Gasteiger partial charge in [-0.15, -0.1) is 0 Å². The number of halogens is 1. The van der Waals surface area contributed by atoms with Crippen molar-refractivity contribution in [3.05, 3.63) is 71.0 Å². The second-order valence-corrected chi connectivity index (χ2v) is 7.42. The van der Waals surface area contributed by atoms with E-state index >= 15 is 0 Å². The number of hydrogen-bond donors (Lipinski definition) is 1. The molecule has 0 radical (unpaired) electrons. The molecule has 0 saturated carbocycles. The Balaban J connectivity index is 1.48. The molecule has 148 valence electrons. The van der Waals surface area contributed by atoms with E-state index in [4.69, 9.17) is 0 Å². The van der Waals surface area contributed by atoms with E-state index in [2.05, 4.69) is 24.4 Å². The molecule has 1 aliphatic heterocycles. The molecule has 2 aromatic carbocycles. The number of rotatable bonds is 7. The quantitative estimate of drug-likeness (QED) is 0.799. The normalized spacial score (nSPS) is 16.9. The van der Waals surface area contributed by atoms with Gasteiger partial charge in [-0.2, -0.15) is 0 Å². The first-order valence-corrected chi connectivity index (χ1v) is 9.87. The zero-order valence-corrected chi connectivity index (χ0v) is 16.3. The van der Waals surface area contributed by atoms with Crippen molar-refractivity contribution in [2.24, 2.45) is 5.92 Å². The summed E-state index contributed by atoms with van der Waals surface area (Å²) >= 11 is 0. The third-order valence-corrected chi connectivity index (χ3v) is 5.39. The molecule has 0 unspecified atom stereocenters. The van der Waals surface area contributed by atoms with Gasteiger partial charge in [-0.25, -0.2) is 4.39 Å². The number of likely N-dealkylation sites (tertiary alicyclic amines) is 1. The van der Waals surface area contributed by atoms with Gasteiger partial charge in [0.05, 0.1) is 5.92 Å². The maximum absolute atomic E-state index is 13.3. The average molecular weight is 382 g/mol. The summed E-state index contributed by atoms with van der Waals surface area (Å²) in [5.41, 5.74) is 3.32. The summed E-state index contributed by atoms with van der Waals surface area (Å²) in [5, 5.41) is 3.02. The largest absolute Gasteiger partial charge is 0.355 e. The van der Waals surface area contributed by atoms with Crippen molar-refractivity contribution < 1.29 is 14.0 Å². The fourth-order valence-corrected chi connectivity index (χ4v) is 3.66. The van der Waals surface area contributed by atoms with Gasteiger partial charge in [0, 0.05) is 26.1 Å². The number of amides is 2. The minimum Gasteiger partial charge on any atom is -0.355 e. The number of piperidine rings is 1. The number of carbonyl (C=O) groups excluding carboxylic acids is 2. The van der Waals surface area contributed by atoms with Crippen LogP contribution in [-0.4, -0.2) is 36.3 Å². The highest BCUT2D eigenvalue weighted by Crippen LogP contribution is 2.19. The van der Waals surface area contributed by atoms with Crippen LogP contribution in [0.15, 0.2) is 48.5 Å². The number of nitrogens with one attached hydrogen (secondary N) is 1. The van der Waals surface area contributed by atoms with Crippen LogP contribution in [-0.2, 0) is 22.4 Å². The molecule has 1 aliphatic rings. The number of nitrogens with zero attached hydrogens (tertiary/aromatic N) is 1. The molecule has 1 saturated heterocycles. The molecule has 1 heterocycles. The third-order valence-electron chi connectivity index (χ3n) is 5.39. The van der Waals surface area contributed by atoms with E-state index in [0.29, 0.717) is 38.9 Å². The fraction of sp³-hybridized carbons (Fsp3) is 0.391. The minimum absolute atomic E-state index is 0.0110. The van der Waals surface area contributed by atoms with Crippen LogP contribution >= 0.6 is 0 Å². The van der Waals surface area contributed by atoms with Gasteiger partial charge in [0.25, 0.3) is 0 Å². The smallest absolute Gasteiger partial charge is 0.224 e. The van der Waals surface area contributed by atoms with Crippen LogP contribution in [0.5, 0.6) is 0 Å². The third kappa shape index (κ3) is 5.41. The van der Waals surface area contributed by atoms with Crippen LogP contribution in [0, 0.1) is 18.7 Å². The fourth-order valence-electron chi connectivity index (χ4n) is 3.66. The molecule has 2 aromatic rings. The Morgan fingerprint density at radius 2 is 2.00 bits per heavy atom.